The molecule has 1 atom stereocenters. The van der Waals surface area contributed by atoms with Crippen molar-refractivity contribution >= 4 is 11.6 Å². The summed E-state index contributed by atoms with van der Waals surface area (Å²) in [6.45, 7) is 0.252. The molecule has 0 aromatic heterocycles. The summed E-state index contributed by atoms with van der Waals surface area (Å²) >= 11 is 5.62. The fraction of sp³-hybridized carbons (Fsp3) is 0.188. The minimum Gasteiger partial charge on any atom is -0.368 e. The van der Waals surface area contributed by atoms with E-state index in [4.69, 9.17) is 21.6 Å². The van der Waals surface area contributed by atoms with Crippen molar-refractivity contribution in [2.24, 2.45) is 0 Å². The zero-order valence-electron chi connectivity index (χ0n) is 11.0. The van der Waals surface area contributed by atoms with Crippen LogP contribution >= 0.6 is 11.6 Å². The van der Waals surface area contributed by atoms with Crippen molar-refractivity contribution in [3.63, 3.8) is 0 Å². The molecule has 0 aliphatic rings. The highest BCUT2D eigenvalue weighted by Gasteiger charge is 2.17. The molecule has 0 aliphatic carbocycles. The van der Waals surface area contributed by atoms with Gasteiger partial charge in [0.05, 0.1) is 18.2 Å². The smallest absolute Gasteiger partial charge is 0.159 e. The standard InChI is InChI=1S/C16H12ClF2NO/c17-6-7-21-16(12-3-1-2-11(8-12)10-20)13-4-5-14(18)15(19)9-13/h1-5,8-9,16H,6-7H2. The van der Waals surface area contributed by atoms with Gasteiger partial charge in [-0.2, -0.15) is 5.26 Å². The zero-order valence-corrected chi connectivity index (χ0v) is 11.8. The number of hydrogen-bond acceptors (Lipinski definition) is 2. The first-order valence-corrected chi connectivity index (χ1v) is 6.81. The molecule has 0 saturated carbocycles. The van der Waals surface area contributed by atoms with Gasteiger partial charge in [-0.1, -0.05) is 18.2 Å². The lowest BCUT2D eigenvalue weighted by Crippen LogP contribution is -2.09. The second-order valence-electron chi connectivity index (χ2n) is 4.35. The lowest BCUT2D eigenvalue weighted by Gasteiger charge is -2.19. The number of alkyl halides is 1. The third kappa shape index (κ3) is 3.78. The van der Waals surface area contributed by atoms with Crippen molar-refractivity contribution in [2.45, 2.75) is 6.10 Å². The van der Waals surface area contributed by atoms with Crippen LogP contribution in [-0.2, 0) is 4.74 Å². The molecule has 0 radical (unpaired) electrons. The summed E-state index contributed by atoms with van der Waals surface area (Å²) in [6.07, 6.45) is -0.604. The van der Waals surface area contributed by atoms with Crippen molar-refractivity contribution in [2.75, 3.05) is 12.5 Å². The predicted molar refractivity (Wildman–Crippen MR) is 76.0 cm³/mol. The molecule has 2 nitrogen and oxygen atoms in total. The molecule has 0 N–H and O–H groups in total. The maximum Gasteiger partial charge on any atom is 0.159 e. The Morgan fingerprint density at radius 2 is 1.86 bits per heavy atom. The van der Waals surface area contributed by atoms with Gasteiger partial charge in [0, 0.05) is 5.88 Å². The third-order valence-electron chi connectivity index (χ3n) is 2.93. The Kier molecular flexibility index (Phi) is 5.26. The van der Waals surface area contributed by atoms with E-state index in [0.717, 1.165) is 12.1 Å². The molecular weight excluding hydrogens is 296 g/mol. The molecule has 0 heterocycles. The molecule has 0 saturated heterocycles. The van der Waals surface area contributed by atoms with Crippen LogP contribution in [0, 0.1) is 23.0 Å². The Balaban J connectivity index is 2.41. The van der Waals surface area contributed by atoms with Gasteiger partial charge in [-0.25, -0.2) is 8.78 Å². The Hall–Kier alpha value is -1.96. The molecule has 2 aromatic carbocycles. The summed E-state index contributed by atoms with van der Waals surface area (Å²) in [4.78, 5) is 0. The van der Waals surface area contributed by atoms with E-state index in [9.17, 15) is 8.78 Å². The van der Waals surface area contributed by atoms with Gasteiger partial charge >= 0.3 is 0 Å². The highest BCUT2D eigenvalue weighted by molar-refractivity contribution is 6.17. The fourth-order valence-electron chi connectivity index (χ4n) is 1.99. The van der Waals surface area contributed by atoms with Gasteiger partial charge in [0.2, 0.25) is 0 Å². The lowest BCUT2D eigenvalue weighted by atomic mass is 9.99. The highest BCUT2D eigenvalue weighted by atomic mass is 35.5. The zero-order chi connectivity index (χ0) is 15.2. The minimum absolute atomic E-state index is 0.252. The molecule has 0 spiro atoms. The van der Waals surface area contributed by atoms with E-state index in [1.807, 2.05) is 6.07 Å². The van der Waals surface area contributed by atoms with E-state index < -0.39 is 17.7 Å². The van der Waals surface area contributed by atoms with Gasteiger partial charge in [-0.3, -0.25) is 0 Å². The monoisotopic (exact) mass is 307 g/mol. The number of benzene rings is 2. The van der Waals surface area contributed by atoms with Crippen LogP contribution in [0.15, 0.2) is 42.5 Å². The summed E-state index contributed by atoms with van der Waals surface area (Å²) in [7, 11) is 0. The van der Waals surface area contributed by atoms with Crippen molar-refractivity contribution in [3.05, 3.63) is 70.8 Å². The van der Waals surface area contributed by atoms with Gasteiger partial charge in [0.1, 0.15) is 6.10 Å². The SMILES string of the molecule is N#Cc1cccc(C(OCCCl)c2ccc(F)c(F)c2)c1. The van der Waals surface area contributed by atoms with E-state index in [-0.39, 0.29) is 12.5 Å². The molecule has 0 aliphatic heterocycles. The van der Waals surface area contributed by atoms with Crippen LogP contribution in [0.2, 0.25) is 0 Å². The normalized spacial score (nSPS) is 11.9. The Morgan fingerprint density at radius 1 is 1.10 bits per heavy atom. The minimum atomic E-state index is -0.941. The van der Waals surface area contributed by atoms with Gasteiger partial charge < -0.3 is 4.74 Å². The number of hydrogen-bond donors (Lipinski definition) is 0. The van der Waals surface area contributed by atoms with Crippen LogP contribution in [0.25, 0.3) is 0 Å². The Morgan fingerprint density at radius 3 is 2.52 bits per heavy atom. The quantitative estimate of drug-likeness (QED) is 0.776. The van der Waals surface area contributed by atoms with Crippen LogP contribution in [0.3, 0.4) is 0 Å². The molecule has 2 aromatic rings. The maximum absolute atomic E-state index is 13.4. The Labute approximate surface area is 126 Å². The summed E-state index contributed by atoms with van der Waals surface area (Å²) in [6, 6.07) is 12.4. The van der Waals surface area contributed by atoms with Crippen LogP contribution in [0.4, 0.5) is 8.78 Å². The van der Waals surface area contributed by atoms with E-state index >= 15 is 0 Å². The van der Waals surface area contributed by atoms with Crippen LogP contribution in [-0.4, -0.2) is 12.5 Å². The second kappa shape index (κ2) is 7.16. The number of rotatable bonds is 5. The lowest BCUT2D eigenvalue weighted by molar-refractivity contribution is 0.0925. The molecular formula is C16H12ClF2NO. The summed E-state index contributed by atoms with van der Waals surface area (Å²) < 4.78 is 32.1. The summed E-state index contributed by atoms with van der Waals surface area (Å²) in [5.74, 6) is -1.58. The predicted octanol–water partition coefficient (Wildman–Crippen LogP) is 4.18. The van der Waals surface area contributed by atoms with Gasteiger partial charge in [-0.05, 0) is 35.4 Å². The first kappa shape index (κ1) is 15.4. The van der Waals surface area contributed by atoms with E-state index in [2.05, 4.69) is 0 Å². The largest absolute Gasteiger partial charge is 0.368 e. The molecule has 0 bridgehead atoms. The fourth-order valence-corrected chi connectivity index (χ4v) is 2.08. The van der Waals surface area contributed by atoms with Gasteiger partial charge in [-0.15, -0.1) is 11.6 Å². The highest BCUT2D eigenvalue weighted by Crippen LogP contribution is 2.27. The molecule has 108 valence electrons. The van der Waals surface area contributed by atoms with Crippen LogP contribution < -0.4 is 0 Å². The number of nitrogens with zero attached hydrogens (tertiary/aromatic N) is 1. The second-order valence-corrected chi connectivity index (χ2v) is 4.73. The summed E-state index contributed by atoms with van der Waals surface area (Å²) in [5.41, 5.74) is 1.62. The third-order valence-corrected chi connectivity index (χ3v) is 3.08. The van der Waals surface area contributed by atoms with E-state index in [1.165, 1.54) is 6.07 Å². The molecule has 1 unspecified atom stereocenters. The molecule has 5 heteroatoms. The summed E-state index contributed by atoms with van der Waals surface area (Å²) in [5, 5.41) is 8.95. The van der Waals surface area contributed by atoms with E-state index in [0.29, 0.717) is 16.7 Å². The van der Waals surface area contributed by atoms with E-state index in [1.54, 1.807) is 24.3 Å². The topological polar surface area (TPSA) is 33.0 Å². The van der Waals surface area contributed by atoms with Crippen LogP contribution in [0.1, 0.15) is 22.8 Å². The molecule has 0 fully saturated rings. The maximum atomic E-state index is 13.4. The van der Waals surface area contributed by atoms with Crippen molar-refractivity contribution in [1.29, 1.82) is 5.26 Å². The number of nitriles is 1. The van der Waals surface area contributed by atoms with Crippen molar-refractivity contribution in [1.82, 2.24) is 0 Å². The number of ether oxygens (including phenoxy) is 1. The molecule has 21 heavy (non-hydrogen) atoms. The first-order valence-electron chi connectivity index (χ1n) is 6.28. The van der Waals surface area contributed by atoms with Crippen molar-refractivity contribution in [3.8, 4) is 6.07 Å². The average Bonchev–Trinajstić information content (AvgIpc) is 2.51. The molecule has 0 amide bonds. The Bertz CT molecular complexity index is 670. The molecule has 2 rings (SSSR count). The van der Waals surface area contributed by atoms with Gasteiger partial charge in [0.25, 0.3) is 0 Å². The van der Waals surface area contributed by atoms with Crippen LogP contribution in [0.5, 0.6) is 0 Å². The van der Waals surface area contributed by atoms with Crippen molar-refractivity contribution < 1.29 is 13.5 Å². The first-order chi connectivity index (χ1) is 10.2. The number of halogens is 3. The van der Waals surface area contributed by atoms with Gasteiger partial charge in [0.15, 0.2) is 11.6 Å². The average molecular weight is 308 g/mol.